The highest BCUT2D eigenvalue weighted by Crippen LogP contribution is 2.59. The molecule has 1 aliphatic heterocycles. The second-order valence-electron chi connectivity index (χ2n) is 8.57. The summed E-state index contributed by atoms with van der Waals surface area (Å²) >= 11 is 0. The Morgan fingerprint density at radius 1 is 1.26 bits per heavy atom. The highest BCUT2D eigenvalue weighted by Gasteiger charge is 2.53. The van der Waals surface area contributed by atoms with Crippen molar-refractivity contribution in [3.8, 4) is 11.5 Å². The van der Waals surface area contributed by atoms with Gasteiger partial charge in [0, 0.05) is 11.5 Å². The van der Waals surface area contributed by atoms with E-state index in [1.807, 2.05) is 6.07 Å². The van der Waals surface area contributed by atoms with Crippen LogP contribution < -0.4 is 4.74 Å². The summed E-state index contributed by atoms with van der Waals surface area (Å²) in [5.74, 6) is 2.27. The van der Waals surface area contributed by atoms with Crippen molar-refractivity contribution in [3.05, 3.63) is 23.3 Å². The summed E-state index contributed by atoms with van der Waals surface area (Å²) in [4.78, 5) is 0. The molecule has 1 aliphatic carbocycles. The molecule has 2 nitrogen and oxygen atoms in total. The summed E-state index contributed by atoms with van der Waals surface area (Å²) in [7, 11) is 0. The van der Waals surface area contributed by atoms with Crippen molar-refractivity contribution in [2.24, 2.45) is 5.92 Å². The van der Waals surface area contributed by atoms with Crippen LogP contribution >= 0.6 is 0 Å². The Bertz CT molecular complexity index is 590. The van der Waals surface area contributed by atoms with Gasteiger partial charge in [-0.25, -0.2) is 0 Å². The summed E-state index contributed by atoms with van der Waals surface area (Å²) in [6, 6.07) is 4.21. The van der Waals surface area contributed by atoms with E-state index in [2.05, 4.69) is 40.7 Å². The van der Waals surface area contributed by atoms with Crippen LogP contribution in [0.1, 0.15) is 90.2 Å². The number of hydrogen-bond acceptors (Lipinski definition) is 2. The zero-order valence-electron chi connectivity index (χ0n) is 15.4. The molecular weight excluding hydrogens is 284 g/mol. The van der Waals surface area contributed by atoms with Crippen molar-refractivity contribution in [2.45, 2.75) is 90.1 Å². The Hall–Kier alpha value is -1.18. The van der Waals surface area contributed by atoms with Gasteiger partial charge in [0.05, 0.1) is 0 Å². The summed E-state index contributed by atoms with van der Waals surface area (Å²) < 4.78 is 6.41. The molecule has 0 radical (unpaired) electrons. The molecule has 0 amide bonds. The number of aromatic hydroxyl groups is 1. The van der Waals surface area contributed by atoms with E-state index in [0.29, 0.717) is 17.6 Å². The molecule has 2 aliphatic rings. The molecule has 23 heavy (non-hydrogen) atoms. The molecule has 0 saturated heterocycles. The molecule has 2 heteroatoms. The quantitative estimate of drug-likeness (QED) is 0.684. The zero-order valence-corrected chi connectivity index (χ0v) is 15.4. The van der Waals surface area contributed by atoms with Crippen molar-refractivity contribution in [1.29, 1.82) is 0 Å². The highest BCUT2D eigenvalue weighted by molar-refractivity contribution is 5.55. The van der Waals surface area contributed by atoms with Crippen LogP contribution in [-0.4, -0.2) is 10.7 Å². The van der Waals surface area contributed by atoms with Crippen LogP contribution in [-0.2, 0) is 5.41 Å². The van der Waals surface area contributed by atoms with Gasteiger partial charge in [-0.3, -0.25) is 0 Å². The normalized spacial score (nSPS) is 29.3. The lowest BCUT2D eigenvalue weighted by molar-refractivity contribution is 0.0648. The third kappa shape index (κ3) is 2.64. The molecule has 0 spiro atoms. The van der Waals surface area contributed by atoms with E-state index in [0.717, 1.165) is 24.2 Å². The first kappa shape index (κ1) is 16.7. The lowest BCUT2D eigenvalue weighted by atomic mass is 9.78. The molecule has 1 heterocycles. The van der Waals surface area contributed by atoms with Gasteiger partial charge in [-0.2, -0.15) is 0 Å². The molecule has 0 bridgehead atoms. The summed E-state index contributed by atoms with van der Waals surface area (Å²) in [5, 5.41) is 10.7. The van der Waals surface area contributed by atoms with Crippen molar-refractivity contribution >= 4 is 0 Å². The Morgan fingerprint density at radius 3 is 2.70 bits per heavy atom. The molecule has 3 atom stereocenters. The lowest BCUT2D eigenvalue weighted by Crippen LogP contribution is -2.35. The maximum absolute atomic E-state index is 10.7. The van der Waals surface area contributed by atoms with Crippen LogP contribution in [0.15, 0.2) is 12.1 Å². The fourth-order valence-electron chi connectivity index (χ4n) is 4.57. The van der Waals surface area contributed by atoms with E-state index in [1.165, 1.54) is 31.2 Å². The fraction of sp³-hybridized carbons (Fsp3) is 0.714. The maximum Gasteiger partial charge on any atom is 0.127 e. The van der Waals surface area contributed by atoms with Crippen molar-refractivity contribution in [2.75, 3.05) is 0 Å². The average Bonchev–Trinajstić information content (AvgIpc) is 2.92. The predicted molar refractivity (Wildman–Crippen MR) is 95.4 cm³/mol. The Morgan fingerprint density at radius 2 is 2.00 bits per heavy atom. The van der Waals surface area contributed by atoms with Gasteiger partial charge in [0.15, 0.2) is 0 Å². The first-order valence-electron chi connectivity index (χ1n) is 9.36. The lowest BCUT2D eigenvalue weighted by Gasteiger charge is -2.29. The number of phenols is 1. The van der Waals surface area contributed by atoms with E-state index in [1.54, 1.807) is 0 Å². The minimum Gasteiger partial charge on any atom is -0.508 e. The van der Waals surface area contributed by atoms with Crippen LogP contribution in [0, 0.1) is 5.92 Å². The number of phenolic OH excluding ortho intramolecular Hbond substituents is 1. The third-order valence-corrected chi connectivity index (χ3v) is 6.54. The molecule has 1 saturated carbocycles. The molecule has 1 fully saturated rings. The van der Waals surface area contributed by atoms with Crippen molar-refractivity contribution in [3.63, 3.8) is 0 Å². The minimum absolute atomic E-state index is 0.0786. The highest BCUT2D eigenvalue weighted by atomic mass is 16.5. The van der Waals surface area contributed by atoms with E-state index in [4.69, 9.17) is 4.74 Å². The second kappa shape index (κ2) is 5.72. The summed E-state index contributed by atoms with van der Waals surface area (Å²) in [5.41, 5.74) is 2.21. The van der Waals surface area contributed by atoms with E-state index < -0.39 is 0 Å². The van der Waals surface area contributed by atoms with Gasteiger partial charge in [-0.15, -0.1) is 0 Å². The maximum atomic E-state index is 10.7. The van der Waals surface area contributed by atoms with Crippen LogP contribution in [0.3, 0.4) is 0 Å². The monoisotopic (exact) mass is 316 g/mol. The Balaban J connectivity index is 1.91. The van der Waals surface area contributed by atoms with Crippen LogP contribution in [0.25, 0.3) is 0 Å². The van der Waals surface area contributed by atoms with Crippen LogP contribution in [0.4, 0.5) is 0 Å². The zero-order chi connectivity index (χ0) is 16.8. The molecule has 1 N–H and O–H groups in total. The van der Waals surface area contributed by atoms with Gasteiger partial charge in [-0.05, 0) is 55.2 Å². The molecule has 128 valence electrons. The minimum atomic E-state index is -0.134. The number of benzene rings is 1. The number of ether oxygens (including phenoxy) is 1. The summed E-state index contributed by atoms with van der Waals surface area (Å²) in [6.07, 6.45) is 7.21. The predicted octanol–water partition coefficient (Wildman–Crippen LogP) is 5.91. The first-order chi connectivity index (χ1) is 10.8. The number of hydrogen-bond donors (Lipinski definition) is 1. The third-order valence-electron chi connectivity index (χ3n) is 6.54. The van der Waals surface area contributed by atoms with Gasteiger partial charge in [-0.1, -0.05) is 47.0 Å². The first-order valence-corrected chi connectivity index (χ1v) is 9.36. The van der Waals surface area contributed by atoms with Gasteiger partial charge in [0.2, 0.25) is 0 Å². The molecule has 0 aromatic heterocycles. The van der Waals surface area contributed by atoms with Crippen LogP contribution in [0.5, 0.6) is 11.5 Å². The van der Waals surface area contributed by atoms with Gasteiger partial charge < -0.3 is 9.84 Å². The largest absolute Gasteiger partial charge is 0.508 e. The van der Waals surface area contributed by atoms with Crippen LogP contribution in [0.2, 0.25) is 0 Å². The van der Waals surface area contributed by atoms with Gasteiger partial charge in [0.1, 0.15) is 17.1 Å². The molecule has 1 aromatic carbocycles. The van der Waals surface area contributed by atoms with Crippen molar-refractivity contribution in [1.82, 2.24) is 0 Å². The average molecular weight is 316 g/mol. The standard InChI is InChI=1S/C21H32O2/c1-6-7-8-11-20(3,4)15-12-17(22)19-16-10-9-14(2)21(16,5)23-18(19)13-15/h12-14,16,22H,6-11H2,1-5H3. The SMILES string of the molecule is CCCCCC(C)(C)c1cc(O)c2c(c1)OC1(C)C(C)CCC21. The van der Waals surface area contributed by atoms with Gasteiger partial charge in [0.25, 0.3) is 0 Å². The topological polar surface area (TPSA) is 29.5 Å². The number of rotatable bonds is 5. The fourth-order valence-corrected chi connectivity index (χ4v) is 4.57. The molecular formula is C21H32O2. The Kier molecular flexibility index (Phi) is 4.14. The summed E-state index contributed by atoms with van der Waals surface area (Å²) in [6.45, 7) is 11.3. The van der Waals surface area contributed by atoms with E-state index in [9.17, 15) is 5.11 Å². The van der Waals surface area contributed by atoms with E-state index in [-0.39, 0.29) is 11.0 Å². The van der Waals surface area contributed by atoms with Gasteiger partial charge >= 0.3 is 0 Å². The van der Waals surface area contributed by atoms with Crippen molar-refractivity contribution < 1.29 is 9.84 Å². The molecule has 3 rings (SSSR count). The molecule has 3 unspecified atom stereocenters. The van der Waals surface area contributed by atoms with E-state index >= 15 is 0 Å². The number of fused-ring (bicyclic) bond motifs is 3. The molecule has 1 aromatic rings. The number of unbranched alkanes of at least 4 members (excludes halogenated alkanes) is 2. The smallest absolute Gasteiger partial charge is 0.127 e. The Labute approximate surface area is 141 Å². The second-order valence-corrected chi connectivity index (χ2v) is 8.57.